The molecule has 0 aliphatic heterocycles. The van der Waals surface area contributed by atoms with Crippen LogP contribution in [0.1, 0.15) is 27.9 Å². The molecular weight excluding hydrogens is 390 g/mol. The number of benzene rings is 2. The highest BCUT2D eigenvalue weighted by Gasteiger charge is 2.25. The number of ether oxygens (including phenoxy) is 1. The van der Waals surface area contributed by atoms with Crippen molar-refractivity contribution in [3.63, 3.8) is 0 Å². The molecule has 6 heteroatoms. The molecule has 0 bridgehead atoms. The van der Waals surface area contributed by atoms with Crippen LogP contribution >= 0.6 is 0 Å². The van der Waals surface area contributed by atoms with E-state index in [2.05, 4.69) is 10.2 Å². The van der Waals surface area contributed by atoms with Crippen LogP contribution in [0.4, 0.5) is 5.69 Å². The predicted octanol–water partition coefficient (Wildman–Crippen LogP) is 3.34. The Kier molecular flexibility index (Phi) is 7.60. The van der Waals surface area contributed by atoms with Gasteiger partial charge in [-0.25, -0.2) is 0 Å². The number of carbonyl (C=O) groups excluding carboxylic acids is 2. The molecule has 1 aliphatic carbocycles. The third kappa shape index (κ3) is 6.26. The number of amides is 1. The van der Waals surface area contributed by atoms with Crippen molar-refractivity contribution in [1.82, 2.24) is 9.80 Å². The lowest BCUT2D eigenvalue weighted by Crippen LogP contribution is -2.32. The summed E-state index contributed by atoms with van der Waals surface area (Å²) in [6.45, 7) is 2.24. The number of allylic oxidation sites excluding steroid dienone is 1. The molecule has 1 amide bonds. The highest BCUT2D eigenvalue weighted by Crippen LogP contribution is 2.30. The monoisotopic (exact) mass is 421 g/mol. The van der Waals surface area contributed by atoms with Gasteiger partial charge in [-0.15, -0.1) is 0 Å². The SMILES string of the molecule is COc1ccc2c(c1)C(=O)/C(=C/c1ccc(NC(=O)CN(C)CCCN(C)C)cc1)C2. The second-order valence-electron chi connectivity index (χ2n) is 8.26. The van der Waals surface area contributed by atoms with Gasteiger partial charge in [0, 0.05) is 23.2 Å². The van der Waals surface area contributed by atoms with E-state index in [-0.39, 0.29) is 11.7 Å². The Hall–Kier alpha value is -2.96. The minimum absolute atomic E-state index is 0.0335. The molecule has 0 atom stereocenters. The van der Waals surface area contributed by atoms with Crippen LogP contribution in [0.2, 0.25) is 0 Å². The zero-order valence-electron chi connectivity index (χ0n) is 18.8. The molecule has 0 unspecified atom stereocenters. The molecule has 1 aliphatic rings. The molecule has 0 saturated carbocycles. The maximum absolute atomic E-state index is 12.7. The number of likely N-dealkylation sites (N-methyl/N-ethyl adjacent to an activating group) is 1. The molecule has 1 N–H and O–H groups in total. The Balaban J connectivity index is 1.56. The van der Waals surface area contributed by atoms with Crippen LogP contribution in [0.5, 0.6) is 5.75 Å². The number of hydrogen-bond acceptors (Lipinski definition) is 5. The van der Waals surface area contributed by atoms with Gasteiger partial charge >= 0.3 is 0 Å². The lowest BCUT2D eigenvalue weighted by molar-refractivity contribution is -0.117. The third-order valence-electron chi connectivity index (χ3n) is 5.33. The fourth-order valence-corrected chi connectivity index (χ4v) is 3.67. The second kappa shape index (κ2) is 10.4. The summed E-state index contributed by atoms with van der Waals surface area (Å²) in [5.74, 6) is 0.703. The largest absolute Gasteiger partial charge is 0.497 e. The van der Waals surface area contributed by atoms with E-state index in [0.717, 1.165) is 41.9 Å². The molecule has 0 heterocycles. The van der Waals surface area contributed by atoms with Gasteiger partial charge in [0.1, 0.15) is 5.75 Å². The summed E-state index contributed by atoms with van der Waals surface area (Å²) < 4.78 is 5.23. The minimum Gasteiger partial charge on any atom is -0.497 e. The minimum atomic E-state index is -0.0335. The van der Waals surface area contributed by atoms with Gasteiger partial charge in [-0.3, -0.25) is 14.5 Å². The van der Waals surface area contributed by atoms with E-state index in [0.29, 0.717) is 24.3 Å². The maximum atomic E-state index is 12.7. The standard InChI is InChI=1S/C25H31N3O3/c1-27(2)12-5-13-28(3)17-24(29)26-21-9-6-18(7-10-21)14-20-15-19-8-11-22(31-4)16-23(19)25(20)30/h6-11,14,16H,5,12-13,15,17H2,1-4H3,(H,26,29)/b20-14+. The Morgan fingerprint density at radius 3 is 2.52 bits per heavy atom. The molecule has 0 spiro atoms. The van der Waals surface area contributed by atoms with Crippen molar-refractivity contribution < 1.29 is 14.3 Å². The fourth-order valence-electron chi connectivity index (χ4n) is 3.67. The van der Waals surface area contributed by atoms with Crippen LogP contribution in [-0.4, -0.2) is 69.4 Å². The van der Waals surface area contributed by atoms with Gasteiger partial charge in [0.05, 0.1) is 13.7 Å². The Morgan fingerprint density at radius 1 is 1.10 bits per heavy atom. The molecule has 6 nitrogen and oxygen atoms in total. The number of fused-ring (bicyclic) bond motifs is 1. The van der Waals surface area contributed by atoms with Crippen molar-refractivity contribution in [3.8, 4) is 5.75 Å². The number of nitrogens with one attached hydrogen (secondary N) is 1. The number of anilines is 1. The van der Waals surface area contributed by atoms with Crippen LogP contribution in [0.3, 0.4) is 0 Å². The number of Topliss-reactive ketones (excluding diaryl/α,β-unsaturated/α-hetero) is 1. The maximum Gasteiger partial charge on any atom is 0.238 e. The summed E-state index contributed by atoms with van der Waals surface area (Å²) in [5, 5.41) is 2.94. The summed E-state index contributed by atoms with van der Waals surface area (Å²) in [6.07, 6.45) is 3.56. The third-order valence-corrected chi connectivity index (χ3v) is 5.33. The highest BCUT2D eigenvalue weighted by atomic mass is 16.5. The topological polar surface area (TPSA) is 61.9 Å². The Morgan fingerprint density at radius 2 is 1.84 bits per heavy atom. The Bertz CT molecular complexity index is 964. The van der Waals surface area contributed by atoms with Crippen molar-refractivity contribution >= 4 is 23.5 Å². The van der Waals surface area contributed by atoms with Crippen LogP contribution in [0.25, 0.3) is 6.08 Å². The van der Waals surface area contributed by atoms with E-state index in [1.165, 1.54) is 0 Å². The van der Waals surface area contributed by atoms with Gasteiger partial charge in [0.25, 0.3) is 0 Å². The molecule has 0 saturated heterocycles. The highest BCUT2D eigenvalue weighted by molar-refractivity contribution is 6.15. The van der Waals surface area contributed by atoms with E-state index in [4.69, 9.17) is 4.74 Å². The van der Waals surface area contributed by atoms with E-state index < -0.39 is 0 Å². The van der Waals surface area contributed by atoms with Crippen molar-refractivity contribution in [2.75, 3.05) is 53.2 Å². The van der Waals surface area contributed by atoms with Crippen LogP contribution < -0.4 is 10.1 Å². The first-order valence-corrected chi connectivity index (χ1v) is 10.5. The lowest BCUT2D eigenvalue weighted by atomic mass is 10.1. The van der Waals surface area contributed by atoms with Gasteiger partial charge in [-0.05, 0) is 82.1 Å². The second-order valence-corrected chi connectivity index (χ2v) is 8.26. The van der Waals surface area contributed by atoms with E-state index in [1.54, 1.807) is 13.2 Å². The summed E-state index contributed by atoms with van der Waals surface area (Å²) in [6, 6.07) is 13.2. The molecule has 0 aromatic heterocycles. The van der Waals surface area contributed by atoms with Gasteiger partial charge in [0.15, 0.2) is 5.78 Å². The molecule has 2 aromatic rings. The zero-order valence-corrected chi connectivity index (χ0v) is 18.8. The molecule has 164 valence electrons. The van der Waals surface area contributed by atoms with Gasteiger partial charge < -0.3 is 15.0 Å². The molecule has 3 rings (SSSR count). The molecule has 0 fully saturated rings. The van der Waals surface area contributed by atoms with Crippen molar-refractivity contribution in [2.24, 2.45) is 0 Å². The van der Waals surface area contributed by atoms with Gasteiger partial charge in [-0.1, -0.05) is 18.2 Å². The smallest absolute Gasteiger partial charge is 0.238 e. The summed E-state index contributed by atoms with van der Waals surface area (Å²) >= 11 is 0. The van der Waals surface area contributed by atoms with Crippen LogP contribution in [0.15, 0.2) is 48.0 Å². The van der Waals surface area contributed by atoms with Crippen LogP contribution in [-0.2, 0) is 11.2 Å². The average molecular weight is 422 g/mol. The van der Waals surface area contributed by atoms with Crippen LogP contribution in [0, 0.1) is 0 Å². The number of rotatable bonds is 9. The number of methoxy groups -OCH3 is 1. The van der Waals surface area contributed by atoms with Crippen molar-refractivity contribution in [2.45, 2.75) is 12.8 Å². The number of ketones is 1. The van der Waals surface area contributed by atoms with Gasteiger partial charge in [0.2, 0.25) is 5.91 Å². The summed E-state index contributed by atoms with van der Waals surface area (Å²) in [7, 11) is 7.65. The first-order valence-electron chi connectivity index (χ1n) is 10.5. The fraction of sp³-hybridized carbons (Fsp3) is 0.360. The predicted molar refractivity (Wildman–Crippen MR) is 125 cm³/mol. The zero-order chi connectivity index (χ0) is 22.4. The Labute approximate surface area is 184 Å². The lowest BCUT2D eigenvalue weighted by Gasteiger charge is -2.17. The van der Waals surface area contributed by atoms with Crippen molar-refractivity contribution in [3.05, 3.63) is 64.7 Å². The summed E-state index contributed by atoms with van der Waals surface area (Å²) in [5.41, 5.74) is 4.18. The van der Waals surface area contributed by atoms with E-state index >= 15 is 0 Å². The molecular formula is C25H31N3O3. The number of carbonyl (C=O) groups is 2. The normalized spacial score (nSPS) is 14.4. The quantitative estimate of drug-likeness (QED) is 0.630. The van der Waals surface area contributed by atoms with Gasteiger partial charge in [-0.2, -0.15) is 0 Å². The van der Waals surface area contributed by atoms with E-state index in [9.17, 15) is 9.59 Å². The molecule has 2 aromatic carbocycles. The summed E-state index contributed by atoms with van der Waals surface area (Å²) in [4.78, 5) is 29.1. The molecule has 0 radical (unpaired) electrons. The molecule has 31 heavy (non-hydrogen) atoms. The van der Waals surface area contributed by atoms with Crippen molar-refractivity contribution in [1.29, 1.82) is 0 Å². The number of nitrogens with zero attached hydrogens (tertiary/aromatic N) is 2. The number of hydrogen-bond donors (Lipinski definition) is 1. The first-order chi connectivity index (χ1) is 14.9. The van der Waals surface area contributed by atoms with E-state index in [1.807, 2.05) is 68.5 Å². The first kappa shape index (κ1) is 22.7. The average Bonchev–Trinajstić information content (AvgIpc) is 3.03.